The lowest BCUT2D eigenvalue weighted by Crippen LogP contribution is -2.04. The fourth-order valence-electron chi connectivity index (χ4n) is 3.23. The van der Waals surface area contributed by atoms with Crippen LogP contribution in [-0.2, 0) is 4.84 Å². The van der Waals surface area contributed by atoms with Gasteiger partial charge in [0, 0.05) is 0 Å². The molecule has 2 rings (SSSR count). The van der Waals surface area contributed by atoms with Crippen LogP contribution in [0.3, 0.4) is 0 Å². The van der Waals surface area contributed by atoms with Crippen molar-refractivity contribution in [1.29, 1.82) is 0 Å². The smallest absolute Gasteiger partial charge is 0.125 e. The number of rotatable bonds is 13. The van der Waals surface area contributed by atoms with Crippen LogP contribution in [-0.4, -0.2) is 33.1 Å². The highest BCUT2D eigenvalue weighted by Gasteiger charge is 2.07. The van der Waals surface area contributed by atoms with Crippen LogP contribution in [0.25, 0.3) is 0 Å². The third-order valence-electron chi connectivity index (χ3n) is 4.81. The largest absolute Gasteiger partial charge is 0.493 e. The Morgan fingerprint density at radius 3 is 2.19 bits per heavy atom. The SMILES string of the molecule is C/C=C/COc1cc(C)c(OCCCCCOc2ccc(/C=N/OC)cc2C)c(C)c1. The van der Waals surface area contributed by atoms with E-state index in [1.807, 2.05) is 56.3 Å². The van der Waals surface area contributed by atoms with E-state index in [4.69, 9.17) is 19.0 Å². The Morgan fingerprint density at radius 1 is 0.839 bits per heavy atom. The molecule has 168 valence electrons. The van der Waals surface area contributed by atoms with Crippen LogP contribution in [0.1, 0.15) is 48.4 Å². The number of unbranched alkanes of at least 4 members (excludes halogenated alkanes) is 2. The summed E-state index contributed by atoms with van der Waals surface area (Å²) in [5, 5.41) is 3.78. The molecule has 0 radical (unpaired) electrons. The summed E-state index contributed by atoms with van der Waals surface area (Å²) in [7, 11) is 1.53. The van der Waals surface area contributed by atoms with E-state index in [2.05, 4.69) is 19.0 Å². The lowest BCUT2D eigenvalue weighted by atomic mass is 10.1. The van der Waals surface area contributed by atoms with Gasteiger partial charge in [0.25, 0.3) is 0 Å². The molecule has 2 aromatic rings. The predicted molar refractivity (Wildman–Crippen MR) is 127 cm³/mol. The zero-order valence-electron chi connectivity index (χ0n) is 19.4. The van der Waals surface area contributed by atoms with Crippen LogP contribution in [0.2, 0.25) is 0 Å². The van der Waals surface area contributed by atoms with Crippen molar-refractivity contribution in [2.24, 2.45) is 5.16 Å². The van der Waals surface area contributed by atoms with Gasteiger partial charge in [-0.2, -0.15) is 0 Å². The molecule has 0 amide bonds. The highest BCUT2D eigenvalue weighted by molar-refractivity contribution is 5.79. The average molecular weight is 426 g/mol. The molecule has 0 aliphatic rings. The maximum Gasteiger partial charge on any atom is 0.125 e. The maximum absolute atomic E-state index is 6.04. The quantitative estimate of drug-likeness (QED) is 0.166. The summed E-state index contributed by atoms with van der Waals surface area (Å²) in [5.74, 6) is 2.75. The fraction of sp³-hybridized carbons (Fsp3) is 0.423. The molecule has 0 spiro atoms. The Hall–Kier alpha value is -2.95. The topological polar surface area (TPSA) is 49.3 Å². The molecule has 31 heavy (non-hydrogen) atoms. The first kappa shape index (κ1) is 24.3. The van der Waals surface area contributed by atoms with Gasteiger partial charge >= 0.3 is 0 Å². The van der Waals surface area contributed by atoms with Crippen LogP contribution in [0.4, 0.5) is 0 Å². The molecule has 0 bridgehead atoms. The van der Waals surface area contributed by atoms with Gasteiger partial charge in [0.15, 0.2) is 0 Å². The molecule has 5 nitrogen and oxygen atoms in total. The van der Waals surface area contributed by atoms with E-state index in [1.165, 1.54) is 7.11 Å². The summed E-state index contributed by atoms with van der Waals surface area (Å²) in [6, 6.07) is 10.1. The highest BCUT2D eigenvalue weighted by Crippen LogP contribution is 2.28. The van der Waals surface area contributed by atoms with E-state index in [-0.39, 0.29) is 0 Å². The minimum Gasteiger partial charge on any atom is -0.493 e. The lowest BCUT2D eigenvalue weighted by Gasteiger charge is -2.14. The molecule has 0 heterocycles. The summed E-state index contributed by atoms with van der Waals surface area (Å²) >= 11 is 0. The molecular weight excluding hydrogens is 390 g/mol. The van der Waals surface area contributed by atoms with E-state index in [0.29, 0.717) is 19.8 Å². The van der Waals surface area contributed by atoms with E-state index >= 15 is 0 Å². The van der Waals surface area contributed by atoms with Gasteiger partial charge in [0.2, 0.25) is 0 Å². The van der Waals surface area contributed by atoms with Gasteiger partial charge in [-0.15, -0.1) is 0 Å². The summed E-state index contributed by atoms with van der Waals surface area (Å²) in [6.45, 7) is 10.1. The second-order valence-corrected chi connectivity index (χ2v) is 7.47. The predicted octanol–water partition coefficient (Wildman–Crippen LogP) is 6.18. The van der Waals surface area contributed by atoms with Gasteiger partial charge in [0.1, 0.15) is 31.0 Å². The maximum atomic E-state index is 6.04. The number of ether oxygens (including phenoxy) is 3. The van der Waals surface area contributed by atoms with Crippen LogP contribution in [0, 0.1) is 20.8 Å². The van der Waals surface area contributed by atoms with Crippen molar-refractivity contribution >= 4 is 6.21 Å². The van der Waals surface area contributed by atoms with Gasteiger partial charge in [-0.1, -0.05) is 17.3 Å². The number of hydrogen-bond acceptors (Lipinski definition) is 5. The van der Waals surface area contributed by atoms with Crippen LogP contribution < -0.4 is 14.2 Å². The van der Waals surface area contributed by atoms with Gasteiger partial charge in [-0.05, 0) is 99.5 Å². The second kappa shape index (κ2) is 13.4. The number of allylic oxidation sites excluding steroid dienone is 1. The van der Waals surface area contributed by atoms with Crippen LogP contribution in [0.5, 0.6) is 17.2 Å². The minimum absolute atomic E-state index is 0.587. The molecule has 0 saturated heterocycles. The molecule has 0 aliphatic carbocycles. The molecule has 0 N–H and O–H groups in total. The third-order valence-corrected chi connectivity index (χ3v) is 4.81. The van der Waals surface area contributed by atoms with Crippen molar-refractivity contribution < 1.29 is 19.0 Å². The first-order chi connectivity index (χ1) is 15.0. The summed E-state index contributed by atoms with van der Waals surface area (Å²) in [6.07, 6.45) is 8.70. The number of benzene rings is 2. The standard InChI is InChI=1S/C26H35NO4/c1-6-7-13-29-24-17-21(3)26(22(4)18-24)31-15-10-8-9-14-30-25-12-11-23(16-20(25)2)19-27-28-5/h6-7,11-12,16-19H,8-10,13-15H2,1-5H3/b7-6+,27-19+. The molecule has 0 fully saturated rings. The number of aryl methyl sites for hydroxylation is 3. The van der Waals surface area contributed by atoms with Crippen molar-refractivity contribution in [3.63, 3.8) is 0 Å². The zero-order valence-corrected chi connectivity index (χ0v) is 19.4. The number of hydrogen-bond donors (Lipinski definition) is 0. The van der Waals surface area contributed by atoms with Crippen LogP contribution in [0.15, 0.2) is 47.6 Å². The Kier molecular flexibility index (Phi) is 10.5. The molecule has 0 aliphatic heterocycles. The Balaban J connectivity index is 1.69. The minimum atomic E-state index is 0.587. The lowest BCUT2D eigenvalue weighted by molar-refractivity contribution is 0.215. The van der Waals surface area contributed by atoms with Gasteiger partial charge < -0.3 is 19.0 Å². The molecule has 0 atom stereocenters. The summed E-state index contributed by atoms with van der Waals surface area (Å²) < 4.78 is 17.7. The van der Waals surface area contributed by atoms with Crippen molar-refractivity contribution in [2.75, 3.05) is 26.9 Å². The van der Waals surface area contributed by atoms with Crippen molar-refractivity contribution in [2.45, 2.75) is 47.0 Å². The molecule has 0 unspecified atom stereocenters. The van der Waals surface area contributed by atoms with E-state index in [9.17, 15) is 0 Å². The third kappa shape index (κ3) is 8.36. The molecule has 0 aromatic heterocycles. The van der Waals surface area contributed by atoms with Crippen LogP contribution >= 0.6 is 0 Å². The molecule has 2 aromatic carbocycles. The number of oxime groups is 1. The monoisotopic (exact) mass is 425 g/mol. The first-order valence-electron chi connectivity index (χ1n) is 10.8. The van der Waals surface area contributed by atoms with Crippen molar-refractivity contribution in [1.82, 2.24) is 0 Å². The Morgan fingerprint density at radius 2 is 1.55 bits per heavy atom. The highest BCUT2D eigenvalue weighted by atomic mass is 16.6. The molecule has 5 heteroatoms. The summed E-state index contributed by atoms with van der Waals surface area (Å²) in [4.78, 5) is 4.71. The van der Waals surface area contributed by atoms with Gasteiger partial charge in [-0.25, -0.2) is 0 Å². The van der Waals surface area contributed by atoms with Gasteiger partial charge in [-0.3, -0.25) is 0 Å². The first-order valence-corrected chi connectivity index (χ1v) is 10.8. The Bertz CT molecular complexity index is 851. The molecular formula is C26H35NO4. The van der Waals surface area contributed by atoms with E-state index in [1.54, 1.807) is 6.21 Å². The van der Waals surface area contributed by atoms with Crippen molar-refractivity contribution in [3.05, 3.63) is 64.7 Å². The molecule has 0 saturated carbocycles. The Labute approximate surface area is 186 Å². The summed E-state index contributed by atoms with van der Waals surface area (Å²) in [5.41, 5.74) is 4.29. The van der Waals surface area contributed by atoms with E-state index < -0.39 is 0 Å². The van der Waals surface area contributed by atoms with Crippen molar-refractivity contribution in [3.8, 4) is 17.2 Å². The number of nitrogens with zero attached hydrogens (tertiary/aromatic N) is 1. The normalized spacial score (nSPS) is 11.3. The second-order valence-electron chi connectivity index (χ2n) is 7.47. The van der Waals surface area contributed by atoms with Gasteiger partial charge in [0.05, 0.1) is 19.4 Å². The zero-order chi connectivity index (χ0) is 22.5. The fourth-order valence-corrected chi connectivity index (χ4v) is 3.23. The average Bonchev–Trinajstić information content (AvgIpc) is 2.74. The van der Waals surface area contributed by atoms with E-state index in [0.717, 1.165) is 58.8 Å².